The third-order valence-corrected chi connectivity index (χ3v) is 4.60. The van der Waals surface area contributed by atoms with Gasteiger partial charge in [-0.2, -0.15) is 0 Å². The fourth-order valence-corrected chi connectivity index (χ4v) is 2.82. The summed E-state index contributed by atoms with van der Waals surface area (Å²) < 4.78 is 5.96. The van der Waals surface area contributed by atoms with Crippen LogP contribution in [0.5, 0.6) is 5.75 Å². The molecule has 3 heteroatoms. The maximum absolute atomic E-state index is 12.8. The minimum absolute atomic E-state index is 0.100. The van der Waals surface area contributed by atoms with E-state index in [1.807, 2.05) is 51.1 Å². The largest absolute Gasteiger partial charge is 0.481 e. The van der Waals surface area contributed by atoms with E-state index in [2.05, 4.69) is 32.2 Å². The van der Waals surface area contributed by atoms with Crippen LogP contribution in [0.4, 0.5) is 5.69 Å². The standard InChI is InChI=1S/C22H29NO2/c1-7-20(25-18-12-11-15(4)17(6)13-18)22(24)23-21-16(5)9-8-10-19(21)14(2)3/h8-14,20H,7H2,1-6H3,(H,23,24)/t20-/m0/s1. The first-order chi connectivity index (χ1) is 11.8. The normalized spacial score (nSPS) is 12.1. The molecule has 0 aliphatic carbocycles. The summed E-state index contributed by atoms with van der Waals surface area (Å²) in [6, 6.07) is 12.0. The first-order valence-corrected chi connectivity index (χ1v) is 8.97. The van der Waals surface area contributed by atoms with Crippen molar-refractivity contribution in [2.45, 2.75) is 60.0 Å². The third-order valence-electron chi connectivity index (χ3n) is 4.60. The number of ether oxygens (including phenoxy) is 1. The van der Waals surface area contributed by atoms with Crippen LogP contribution < -0.4 is 10.1 Å². The lowest BCUT2D eigenvalue weighted by Crippen LogP contribution is -2.33. The van der Waals surface area contributed by atoms with Gasteiger partial charge < -0.3 is 10.1 Å². The van der Waals surface area contributed by atoms with Gasteiger partial charge in [0.15, 0.2) is 6.10 Å². The van der Waals surface area contributed by atoms with E-state index in [1.165, 1.54) is 5.56 Å². The Morgan fingerprint density at radius 2 is 1.76 bits per heavy atom. The van der Waals surface area contributed by atoms with E-state index in [1.54, 1.807) is 0 Å². The molecule has 25 heavy (non-hydrogen) atoms. The molecule has 0 aliphatic heterocycles. The van der Waals surface area contributed by atoms with Crippen LogP contribution in [0.15, 0.2) is 36.4 Å². The molecule has 1 N–H and O–H groups in total. The zero-order valence-corrected chi connectivity index (χ0v) is 16.1. The molecule has 2 aromatic carbocycles. The van der Waals surface area contributed by atoms with Gasteiger partial charge in [0.2, 0.25) is 0 Å². The molecule has 3 nitrogen and oxygen atoms in total. The van der Waals surface area contributed by atoms with Crippen LogP contribution in [0.1, 0.15) is 55.4 Å². The third kappa shape index (κ3) is 4.62. The Morgan fingerprint density at radius 3 is 2.36 bits per heavy atom. The molecule has 0 radical (unpaired) electrons. The van der Waals surface area contributed by atoms with Crippen LogP contribution in [-0.4, -0.2) is 12.0 Å². The lowest BCUT2D eigenvalue weighted by Gasteiger charge is -2.21. The predicted octanol–water partition coefficient (Wildman–Crippen LogP) is 5.53. The summed E-state index contributed by atoms with van der Waals surface area (Å²) in [7, 11) is 0. The van der Waals surface area contributed by atoms with Crippen LogP contribution in [-0.2, 0) is 4.79 Å². The average Bonchev–Trinajstić information content (AvgIpc) is 2.57. The second-order valence-corrected chi connectivity index (χ2v) is 6.94. The van der Waals surface area contributed by atoms with Gasteiger partial charge in [0.1, 0.15) is 5.75 Å². The summed E-state index contributed by atoms with van der Waals surface area (Å²) in [6.07, 6.45) is 0.100. The zero-order valence-electron chi connectivity index (χ0n) is 16.1. The molecule has 0 spiro atoms. The van der Waals surface area contributed by atoms with Crippen LogP contribution in [0, 0.1) is 20.8 Å². The molecule has 0 aromatic heterocycles. The van der Waals surface area contributed by atoms with E-state index in [0.717, 1.165) is 28.1 Å². The fraction of sp³-hybridized carbons (Fsp3) is 0.409. The van der Waals surface area contributed by atoms with E-state index in [4.69, 9.17) is 4.74 Å². The summed E-state index contributed by atoms with van der Waals surface area (Å²) in [4.78, 5) is 12.8. The van der Waals surface area contributed by atoms with Gasteiger partial charge in [0.05, 0.1) is 0 Å². The topological polar surface area (TPSA) is 38.3 Å². The number of hydrogen-bond donors (Lipinski definition) is 1. The summed E-state index contributed by atoms with van der Waals surface area (Å²) >= 11 is 0. The van der Waals surface area contributed by atoms with Crippen molar-refractivity contribution < 1.29 is 9.53 Å². The summed E-state index contributed by atoms with van der Waals surface area (Å²) in [5, 5.41) is 3.09. The number of carbonyl (C=O) groups is 1. The first-order valence-electron chi connectivity index (χ1n) is 8.97. The number of nitrogens with one attached hydrogen (secondary N) is 1. The van der Waals surface area contributed by atoms with Gasteiger partial charge in [-0.15, -0.1) is 0 Å². The Labute approximate surface area is 151 Å². The van der Waals surface area contributed by atoms with Gasteiger partial charge in [0.25, 0.3) is 5.91 Å². The molecule has 0 heterocycles. The van der Waals surface area contributed by atoms with Gasteiger partial charge >= 0.3 is 0 Å². The Bertz CT molecular complexity index is 750. The molecular weight excluding hydrogens is 310 g/mol. The van der Waals surface area contributed by atoms with Gasteiger partial charge in [-0.25, -0.2) is 0 Å². The SMILES string of the molecule is CC[C@H](Oc1ccc(C)c(C)c1)C(=O)Nc1c(C)cccc1C(C)C. The molecule has 0 bridgehead atoms. The Kier molecular flexibility index (Phi) is 6.24. The number of hydrogen-bond acceptors (Lipinski definition) is 2. The molecule has 2 rings (SSSR count). The van der Waals surface area contributed by atoms with E-state index in [9.17, 15) is 4.79 Å². The number of rotatable bonds is 6. The number of anilines is 1. The van der Waals surface area contributed by atoms with Crippen LogP contribution >= 0.6 is 0 Å². The quantitative estimate of drug-likeness (QED) is 0.751. The molecule has 2 aromatic rings. The molecule has 1 amide bonds. The number of para-hydroxylation sites is 1. The number of carbonyl (C=O) groups excluding carboxylic acids is 1. The van der Waals surface area contributed by atoms with Crippen molar-refractivity contribution in [3.63, 3.8) is 0 Å². The maximum atomic E-state index is 12.8. The molecule has 134 valence electrons. The van der Waals surface area contributed by atoms with Crippen molar-refractivity contribution >= 4 is 11.6 Å². The van der Waals surface area contributed by atoms with Gasteiger partial charge in [0, 0.05) is 5.69 Å². The fourth-order valence-electron chi connectivity index (χ4n) is 2.82. The lowest BCUT2D eigenvalue weighted by atomic mass is 9.98. The van der Waals surface area contributed by atoms with E-state index in [-0.39, 0.29) is 5.91 Å². The number of benzene rings is 2. The summed E-state index contributed by atoms with van der Waals surface area (Å²) in [6.45, 7) is 12.4. The number of amides is 1. The van der Waals surface area contributed by atoms with E-state index in [0.29, 0.717) is 12.3 Å². The first kappa shape index (κ1) is 19.0. The van der Waals surface area contributed by atoms with Crippen LogP contribution in [0.3, 0.4) is 0 Å². The highest BCUT2D eigenvalue weighted by atomic mass is 16.5. The maximum Gasteiger partial charge on any atom is 0.265 e. The summed E-state index contributed by atoms with van der Waals surface area (Å²) in [5.74, 6) is 0.979. The van der Waals surface area contributed by atoms with Gasteiger partial charge in [-0.05, 0) is 67.5 Å². The second kappa shape index (κ2) is 8.19. The summed E-state index contributed by atoms with van der Waals surface area (Å²) in [5.41, 5.74) is 5.50. The Balaban J connectivity index is 2.19. The van der Waals surface area contributed by atoms with Crippen molar-refractivity contribution in [3.05, 3.63) is 58.7 Å². The van der Waals surface area contributed by atoms with Crippen molar-refractivity contribution in [2.75, 3.05) is 5.32 Å². The molecular formula is C22H29NO2. The zero-order chi connectivity index (χ0) is 18.6. The Hall–Kier alpha value is -2.29. The predicted molar refractivity (Wildman–Crippen MR) is 105 cm³/mol. The highest BCUT2D eigenvalue weighted by Crippen LogP contribution is 2.28. The lowest BCUT2D eigenvalue weighted by molar-refractivity contribution is -0.122. The highest BCUT2D eigenvalue weighted by Gasteiger charge is 2.21. The smallest absolute Gasteiger partial charge is 0.265 e. The molecule has 0 saturated carbocycles. The van der Waals surface area contributed by atoms with E-state index >= 15 is 0 Å². The average molecular weight is 339 g/mol. The van der Waals surface area contributed by atoms with Crippen molar-refractivity contribution in [1.29, 1.82) is 0 Å². The van der Waals surface area contributed by atoms with Gasteiger partial charge in [-0.3, -0.25) is 4.79 Å². The highest BCUT2D eigenvalue weighted by molar-refractivity contribution is 5.95. The van der Waals surface area contributed by atoms with Crippen LogP contribution in [0.2, 0.25) is 0 Å². The molecule has 0 aliphatic rings. The monoisotopic (exact) mass is 339 g/mol. The Morgan fingerprint density at radius 1 is 1.04 bits per heavy atom. The van der Waals surface area contributed by atoms with Crippen molar-refractivity contribution in [1.82, 2.24) is 0 Å². The molecule has 0 fully saturated rings. The second-order valence-electron chi connectivity index (χ2n) is 6.94. The van der Waals surface area contributed by atoms with Crippen molar-refractivity contribution in [2.24, 2.45) is 0 Å². The van der Waals surface area contributed by atoms with Crippen LogP contribution in [0.25, 0.3) is 0 Å². The molecule has 1 atom stereocenters. The number of aryl methyl sites for hydroxylation is 3. The molecule has 0 saturated heterocycles. The molecule has 0 unspecified atom stereocenters. The minimum Gasteiger partial charge on any atom is -0.481 e. The van der Waals surface area contributed by atoms with E-state index < -0.39 is 6.10 Å². The van der Waals surface area contributed by atoms with Crippen molar-refractivity contribution in [3.8, 4) is 5.75 Å². The van der Waals surface area contributed by atoms with Gasteiger partial charge in [-0.1, -0.05) is 45.0 Å². The minimum atomic E-state index is -0.512.